The summed E-state index contributed by atoms with van der Waals surface area (Å²) in [7, 11) is 0. The molecule has 246 valence electrons. The zero-order valence-electron chi connectivity index (χ0n) is 25.8. The smallest absolute Gasteiger partial charge is 0.305 e. The molecule has 11 heteroatoms. The van der Waals surface area contributed by atoms with Crippen molar-refractivity contribution in [3.05, 3.63) is 0 Å². The van der Waals surface area contributed by atoms with Crippen molar-refractivity contribution < 1.29 is 47.4 Å². The van der Waals surface area contributed by atoms with E-state index in [1.165, 1.54) is 44.9 Å². The van der Waals surface area contributed by atoms with Crippen molar-refractivity contribution in [2.45, 2.75) is 71.1 Å². The lowest BCUT2D eigenvalue weighted by Crippen LogP contribution is -2.15. The Bertz CT molecular complexity index is 502. The molecule has 0 N–H and O–H groups in total. The number of hydrogen-bond acceptors (Lipinski definition) is 10. The molecule has 0 fully saturated rings. The monoisotopic (exact) mass is 658 g/mol. The first-order chi connectivity index (χ1) is 20.3. The number of alkyl halides is 1. The second-order valence-corrected chi connectivity index (χ2v) is 10.2. The molecule has 0 spiro atoms. The molecular formula is C30H59BrO10. The van der Waals surface area contributed by atoms with Crippen LogP contribution in [0.2, 0.25) is 0 Å². The molecule has 10 nitrogen and oxygen atoms in total. The summed E-state index contributed by atoms with van der Waals surface area (Å²) < 4.78 is 48.6. The van der Waals surface area contributed by atoms with E-state index in [0.29, 0.717) is 119 Å². The standard InChI is InChI=1S/C30H59BrO10/c1-2-3-4-5-6-7-8-9-10-11-30(32)41-29-28-40-27-26-39-25-24-38-23-22-37-21-20-36-19-18-35-17-16-34-15-14-33-13-12-31/h2-29H2,1H3. The number of carbonyl (C=O) groups is 1. The third-order valence-corrected chi connectivity index (χ3v) is 6.12. The van der Waals surface area contributed by atoms with Crippen LogP contribution in [-0.2, 0) is 47.4 Å². The fourth-order valence-electron chi connectivity index (χ4n) is 3.56. The zero-order valence-corrected chi connectivity index (χ0v) is 27.3. The van der Waals surface area contributed by atoms with Gasteiger partial charge in [0.1, 0.15) is 6.61 Å². The number of hydrogen-bond donors (Lipinski definition) is 0. The second kappa shape index (κ2) is 37.7. The van der Waals surface area contributed by atoms with Gasteiger partial charge in [0, 0.05) is 11.8 Å². The van der Waals surface area contributed by atoms with Crippen LogP contribution in [-0.4, -0.2) is 124 Å². The van der Waals surface area contributed by atoms with E-state index in [1.54, 1.807) is 0 Å². The molecule has 0 bridgehead atoms. The Hall–Kier alpha value is -0.370. The number of esters is 1. The Kier molecular flexibility index (Phi) is 37.3. The van der Waals surface area contributed by atoms with Crippen LogP contribution in [0.5, 0.6) is 0 Å². The molecule has 0 unspecified atom stereocenters. The van der Waals surface area contributed by atoms with Gasteiger partial charge >= 0.3 is 5.97 Å². The molecule has 0 heterocycles. The Labute approximate surface area is 257 Å². The fraction of sp³-hybridized carbons (Fsp3) is 0.967. The van der Waals surface area contributed by atoms with Gasteiger partial charge in [-0.05, 0) is 6.42 Å². The van der Waals surface area contributed by atoms with Gasteiger partial charge in [0.25, 0.3) is 0 Å². The molecule has 0 radical (unpaired) electrons. The van der Waals surface area contributed by atoms with Gasteiger partial charge in [-0.2, -0.15) is 0 Å². The quantitative estimate of drug-likeness (QED) is 0.0521. The van der Waals surface area contributed by atoms with Gasteiger partial charge in [0.15, 0.2) is 0 Å². The number of halogens is 1. The Morgan fingerprint density at radius 2 is 0.707 bits per heavy atom. The molecular weight excluding hydrogens is 600 g/mol. The maximum absolute atomic E-state index is 11.7. The lowest BCUT2D eigenvalue weighted by molar-refractivity contribution is -0.145. The van der Waals surface area contributed by atoms with Crippen LogP contribution >= 0.6 is 15.9 Å². The third-order valence-electron chi connectivity index (χ3n) is 5.80. The minimum absolute atomic E-state index is 0.132. The van der Waals surface area contributed by atoms with Gasteiger partial charge in [0.2, 0.25) is 0 Å². The molecule has 0 aromatic heterocycles. The number of unbranched alkanes of at least 4 members (excludes halogenated alkanes) is 8. The molecule has 0 saturated heterocycles. The van der Waals surface area contributed by atoms with Crippen LogP contribution in [0, 0.1) is 0 Å². The van der Waals surface area contributed by atoms with Crippen LogP contribution in [0.3, 0.4) is 0 Å². The highest BCUT2D eigenvalue weighted by Crippen LogP contribution is 2.10. The molecule has 0 aliphatic carbocycles. The summed E-state index contributed by atoms with van der Waals surface area (Å²) in [6, 6.07) is 0. The van der Waals surface area contributed by atoms with Gasteiger partial charge in [-0.25, -0.2) is 0 Å². The van der Waals surface area contributed by atoms with Crippen molar-refractivity contribution in [3.8, 4) is 0 Å². The summed E-state index contributed by atoms with van der Waals surface area (Å²) in [4.78, 5) is 11.7. The van der Waals surface area contributed by atoms with Gasteiger partial charge in [-0.1, -0.05) is 74.2 Å². The van der Waals surface area contributed by atoms with E-state index in [4.69, 9.17) is 42.6 Å². The molecule has 0 rings (SSSR count). The van der Waals surface area contributed by atoms with Crippen molar-refractivity contribution in [1.82, 2.24) is 0 Å². The van der Waals surface area contributed by atoms with Crippen LogP contribution < -0.4 is 0 Å². The summed E-state index contributed by atoms with van der Waals surface area (Å²) >= 11 is 3.30. The maximum Gasteiger partial charge on any atom is 0.305 e. The van der Waals surface area contributed by atoms with Crippen LogP contribution in [0.1, 0.15) is 71.1 Å². The first kappa shape index (κ1) is 40.6. The van der Waals surface area contributed by atoms with Gasteiger partial charge < -0.3 is 42.6 Å². The summed E-state index contributed by atoms with van der Waals surface area (Å²) in [5.74, 6) is -0.132. The molecule has 0 atom stereocenters. The van der Waals surface area contributed by atoms with Gasteiger partial charge in [0.05, 0.1) is 106 Å². The lowest BCUT2D eigenvalue weighted by Gasteiger charge is -2.09. The molecule has 0 amide bonds. The second-order valence-electron chi connectivity index (χ2n) is 9.39. The first-order valence-corrected chi connectivity index (χ1v) is 16.8. The summed E-state index contributed by atoms with van der Waals surface area (Å²) in [5.41, 5.74) is 0. The highest BCUT2D eigenvalue weighted by Gasteiger charge is 2.03. The normalized spacial score (nSPS) is 11.4. The SMILES string of the molecule is CCCCCCCCCCCC(=O)OCCOCCOCCOCCOCCOCCOCCOCCOCCBr. The Morgan fingerprint density at radius 1 is 0.415 bits per heavy atom. The predicted octanol–water partition coefficient (Wildman–Crippen LogP) is 4.98. The zero-order chi connectivity index (χ0) is 29.7. The Balaban J connectivity index is 3.11. The van der Waals surface area contributed by atoms with Crippen molar-refractivity contribution in [3.63, 3.8) is 0 Å². The van der Waals surface area contributed by atoms with Crippen molar-refractivity contribution in [2.75, 3.05) is 118 Å². The van der Waals surface area contributed by atoms with Gasteiger partial charge in [-0.15, -0.1) is 0 Å². The van der Waals surface area contributed by atoms with E-state index < -0.39 is 0 Å². The van der Waals surface area contributed by atoms with E-state index in [1.807, 2.05) is 0 Å². The average Bonchev–Trinajstić information content (AvgIpc) is 2.98. The Morgan fingerprint density at radius 3 is 1.05 bits per heavy atom. The van der Waals surface area contributed by atoms with E-state index in [0.717, 1.165) is 18.2 Å². The van der Waals surface area contributed by atoms with Crippen molar-refractivity contribution in [1.29, 1.82) is 0 Å². The lowest BCUT2D eigenvalue weighted by atomic mass is 10.1. The van der Waals surface area contributed by atoms with Crippen molar-refractivity contribution >= 4 is 21.9 Å². The van der Waals surface area contributed by atoms with Crippen LogP contribution in [0.15, 0.2) is 0 Å². The number of ether oxygens (including phenoxy) is 9. The van der Waals surface area contributed by atoms with Crippen LogP contribution in [0.4, 0.5) is 0 Å². The minimum Gasteiger partial charge on any atom is -0.463 e. The van der Waals surface area contributed by atoms with E-state index in [2.05, 4.69) is 22.9 Å². The molecule has 0 aliphatic heterocycles. The van der Waals surface area contributed by atoms with Crippen LogP contribution in [0.25, 0.3) is 0 Å². The fourth-order valence-corrected chi connectivity index (χ4v) is 3.79. The average molecular weight is 660 g/mol. The molecule has 0 saturated carbocycles. The largest absolute Gasteiger partial charge is 0.463 e. The topological polar surface area (TPSA) is 100 Å². The summed E-state index contributed by atoms with van der Waals surface area (Å²) in [6.07, 6.45) is 11.6. The molecule has 0 aliphatic rings. The highest BCUT2D eigenvalue weighted by atomic mass is 79.9. The van der Waals surface area contributed by atoms with E-state index in [-0.39, 0.29) is 5.97 Å². The number of carbonyl (C=O) groups excluding carboxylic acids is 1. The molecule has 41 heavy (non-hydrogen) atoms. The van der Waals surface area contributed by atoms with E-state index in [9.17, 15) is 4.79 Å². The van der Waals surface area contributed by atoms with Gasteiger partial charge in [-0.3, -0.25) is 4.79 Å². The van der Waals surface area contributed by atoms with Crippen molar-refractivity contribution in [2.24, 2.45) is 0 Å². The molecule has 0 aromatic carbocycles. The minimum atomic E-state index is -0.132. The summed E-state index contributed by atoms with van der Waals surface area (Å²) in [5, 5.41) is 0.838. The summed E-state index contributed by atoms with van der Waals surface area (Å²) in [6.45, 7) is 11.0. The van der Waals surface area contributed by atoms with E-state index >= 15 is 0 Å². The molecule has 0 aromatic rings. The first-order valence-electron chi connectivity index (χ1n) is 15.6. The predicted molar refractivity (Wildman–Crippen MR) is 163 cm³/mol. The highest BCUT2D eigenvalue weighted by molar-refractivity contribution is 9.09. The maximum atomic E-state index is 11.7. The third kappa shape index (κ3) is 37.6. The number of rotatable bonds is 36.